The summed E-state index contributed by atoms with van der Waals surface area (Å²) in [4.78, 5) is 12.6. The minimum absolute atomic E-state index is 0.0198. The van der Waals surface area contributed by atoms with Crippen LogP contribution < -0.4 is 0 Å². The average molecular weight is 479 g/mol. The van der Waals surface area contributed by atoms with E-state index in [1.165, 1.54) is 12.1 Å². The van der Waals surface area contributed by atoms with E-state index in [4.69, 9.17) is 25.8 Å². The minimum atomic E-state index is -4.00. The molecule has 2 aliphatic rings. The van der Waals surface area contributed by atoms with Gasteiger partial charge in [0.1, 0.15) is 18.0 Å². The smallest absolute Gasteiger partial charge is 0.335 e. The molecule has 1 aromatic carbocycles. The third kappa shape index (κ3) is 5.10. The zero-order valence-corrected chi connectivity index (χ0v) is 18.4. The molecule has 0 saturated carbocycles. The standard InChI is InChI=1S/C20H24ClFO8S/c1-2-28-19(25)14-8-20(29-16(9-23)17(10-24)30-20)6-5-18(14)31(26,27)11-12-7-13(22)3-4-15(12)21/h3-4,7-8,16-18,23-24H,2,5-6,9-11H2,1H3/t16-,17-,18?/m1/s1. The maximum Gasteiger partial charge on any atom is 0.335 e. The van der Waals surface area contributed by atoms with E-state index in [-0.39, 0.29) is 35.6 Å². The highest BCUT2D eigenvalue weighted by molar-refractivity contribution is 7.91. The second kappa shape index (κ2) is 9.51. The molecule has 172 valence electrons. The van der Waals surface area contributed by atoms with Crippen LogP contribution in [0, 0.1) is 5.82 Å². The zero-order chi connectivity index (χ0) is 22.8. The van der Waals surface area contributed by atoms with Crippen LogP contribution in [0.25, 0.3) is 0 Å². The highest BCUT2D eigenvalue weighted by atomic mass is 35.5. The Morgan fingerprint density at radius 2 is 1.94 bits per heavy atom. The number of ether oxygens (including phenoxy) is 3. The van der Waals surface area contributed by atoms with E-state index in [0.717, 1.165) is 12.1 Å². The number of hydrogen-bond donors (Lipinski definition) is 2. The number of hydrogen-bond acceptors (Lipinski definition) is 8. The van der Waals surface area contributed by atoms with Crippen molar-refractivity contribution in [3.63, 3.8) is 0 Å². The largest absolute Gasteiger partial charge is 0.463 e. The fraction of sp³-hybridized carbons (Fsp3) is 0.550. The Hall–Kier alpha value is -1.56. The van der Waals surface area contributed by atoms with Gasteiger partial charge in [0.2, 0.25) is 0 Å². The van der Waals surface area contributed by atoms with Gasteiger partial charge >= 0.3 is 5.97 Å². The quantitative estimate of drug-likeness (QED) is 0.566. The van der Waals surface area contributed by atoms with Crippen molar-refractivity contribution in [1.29, 1.82) is 0 Å². The molecule has 0 amide bonds. The first-order chi connectivity index (χ1) is 14.6. The van der Waals surface area contributed by atoms with Gasteiger partial charge in [-0.3, -0.25) is 0 Å². The topological polar surface area (TPSA) is 119 Å². The van der Waals surface area contributed by atoms with Crippen molar-refractivity contribution in [2.24, 2.45) is 0 Å². The van der Waals surface area contributed by atoms with Crippen molar-refractivity contribution in [2.45, 2.75) is 48.8 Å². The predicted octanol–water partition coefficient (Wildman–Crippen LogP) is 1.51. The molecule has 0 bridgehead atoms. The molecule has 1 saturated heterocycles. The summed E-state index contributed by atoms with van der Waals surface area (Å²) in [5.74, 6) is -3.51. The Morgan fingerprint density at radius 3 is 2.52 bits per heavy atom. The number of benzene rings is 1. The summed E-state index contributed by atoms with van der Waals surface area (Å²) >= 11 is 6.03. The lowest BCUT2D eigenvalue weighted by Gasteiger charge is -2.33. The van der Waals surface area contributed by atoms with E-state index in [1.54, 1.807) is 6.92 Å². The molecule has 1 heterocycles. The normalized spacial score (nSPS) is 25.5. The van der Waals surface area contributed by atoms with Crippen molar-refractivity contribution in [3.05, 3.63) is 46.3 Å². The fourth-order valence-corrected chi connectivity index (χ4v) is 5.99. The van der Waals surface area contributed by atoms with Crippen LogP contribution in [0.1, 0.15) is 25.3 Å². The maximum absolute atomic E-state index is 13.6. The molecular weight excluding hydrogens is 455 g/mol. The number of aliphatic hydroxyl groups excluding tert-OH is 2. The van der Waals surface area contributed by atoms with Gasteiger partial charge in [0, 0.05) is 11.4 Å². The van der Waals surface area contributed by atoms with Gasteiger partial charge in [-0.1, -0.05) is 11.6 Å². The van der Waals surface area contributed by atoms with Crippen LogP contribution in [-0.2, 0) is 34.6 Å². The highest BCUT2D eigenvalue weighted by Gasteiger charge is 2.51. The van der Waals surface area contributed by atoms with E-state index in [2.05, 4.69) is 0 Å². The summed E-state index contributed by atoms with van der Waals surface area (Å²) in [7, 11) is -4.00. The van der Waals surface area contributed by atoms with Crippen LogP contribution in [-0.4, -0.2) is 67.7 Å². The van der Waals surface area contributed by atoms with Crippen molar-refractivity contribution in [3.8, 4) is 0 Å². The minimum Gasteiger partial charge on any atom is -0.463 e. The van der Waals surface area contributed by atoms with E-state index in [1.807, 2.05) is 0 Å². The summed E-state index contributed by atoms with van der Waals surface area (Å²) < 4.78 is 56.5. The number of halogens is 2. The van der Waals surface area contributed by atoms with E-state index < -0.39 is 63.8 Å². The van der Waals surface area contributed by atoms with Gasteiger partial charge < -0.3 is 24.4 Å². The van der Waals surface area contributed by atoms with Gasteiger partial charge in [-0.25, -0.2) is 17.6 Å². The first-order valence-corrected chi connectivity index (χ1v) is 11.9. The van der Waals surface area contributed by atoms with Crippen LogP contribution in [0.5, 0.6) is 0 Å². The molecule has 8 nitrogen and oxygen atoms in total. The Kier molecular flexibility index (Phi) is 7.39. The van der Waals surface area contributed by atoms with E-state index in [0.29, 0.717) is 0 Å². The number of carbonyl (C=O) groups excluding carboxylic acids is 1. The van der Waals surface area contributed by atoms with Gasteiger partial charge in [-0.15, -0.1) is 0 Å². The monoisotopic (exact) mass is 478 g/mol. The van der Waals surface area contributed by atoms with Crippen molar-refractivity contribution >= 4 is 27.4 Å². The summed E-state index contributed by atoms with van der Waals surface area (Å²) in [5, 5.41) is 17.8. The van der Waals surface area contributed by atoms with Crippen LogP contribution in [0.4, 0.5) is 4.39 Å². The summed E-state index contributed by atoms with van der Waals surface area (Å²) in [6.07, 6.45) is -0.393. The fourth-order valence-electron chi connectivity index (χ4n) is 3.83. The van der Waals surface area contributed by atoms with Crippen LogP contribution in [0.3, 0.4) is 0 Å². The Labute approximate surface area is 184 Å². The second-order valence-electron chi connectivity index (χ2n) is 7.38. The molecule has 11 heteroatoms. The van der Waals surface area contributed by atoms with E-state index in [9.17, 15) is 27.8 Å². The molecule has 1 aliphatic heterocycles. The highest BCUT2D eigenvalue weighted by Crippen LogP contribution is 2.41. The average Bonchev–Trinajstić information content (AvgIpc) is 3.07. The van der Waals surface area contributed by atoms with Crippen molar-refractivity contribution < 1.29 is 42.0 Å². The lowest BCUT2D eigenvalue weighted by atomic mass is 9.94. The summed E-state index contributed by atoms with van der Waals surface area (Å²) in [6, 6.07) is 3.43. The molecule has 1 aromatic rings. The lowest BCUT2D eigenvalue weighted by molar-refractivity contribution is -0.154. The van der Waals surface area contributed by atoms with Crippen LogP contribution in [0.2, 0.25) is 5.02 Å². The number of rotatable bonds is 7. The Balaban J connectivity index is 1.96. The molecule has 0 aromatic heterocycles. The van der Waals surface area contributed by atoms with Crippen LogP contribution >= 0.6 is 11.6 Å². The molecule has 1 unspecified atom stereocenters. The van der Waals surface area contributed by atoms with Gasteiger partial charge in [0.05, 0.1) is 36.4 Å². The molecule has 1 spiro atoms. The number of aliphatic hydroxyl groups is 2. The first kappa shape index (κ1) is 24.1. The third-order valence-corrected chi connectivity index (χ3v) is 7.70. The molecule has 31 heavy (non-hydrogen) atoms. The number of sulfone groups is 1. The molecule has 3 rings (SSSR count). The number of carbonyl (C=O) groups is 1. The van der Waals surface area contributed by atoms with Crippen molar-refractivity contribution in [1.82, 2.24) is 0 Å². The first-order valence-electron chi connectivity index (χ1n) is 9.77. The van der Waals surface area contributed by atoms with Gasteiger partial charge in [-0.2, -0.15) is 0 Å². The Morgan fingerprint density at radius 1 is 1.29 bits per heavy atom. The molecular formula is C20H24ClFO8S. The predicted molar refractivity (Wildman–Crippen MR) is 108 cm³/mol. The molecule has 1 aliphatic carbocycles. The van der Waals surface area contributed by atoms with Crippen molar-refractivity contribution in [2.75, 3.05) is 19.8 Å². The number of esters is 1. The maximum atomic E-state index is 13.6. The van der Waals surface area contributed by atoms with Gasteiger partial charge in [0.25, 0.3) is 0 Å². The van der Waals surface area contributed by atoms with Gasteiger partial charge in [0.15, 0.2) is 15.6 Å². The molecule has 3 atom stereocenters. The SMILES string of the molecule is CCOC(=O)C1=CC2(CCC1S(=O)(=O)Cc1cc(F)ccc1Cl)O[C@H](CO)[C@@H](CO)O2. The van der Waals surface area contributed by atoms with Crippen LogP contribution in [0.15, 0.2) is 29.8 Å². The summed E-state index contributed by atoms with van der Waals surface area (Å²) in [5.41, 5.74) is -0.0878. The third-order valence-electron chi connectivity index (χ3n) is 5.26. The Bertz CT molecular complexity index is 952. The molecule has 0 radical (unpaired) electrons. The lowest BCUT2D eigenvalue weighted by Crippen LogP contribution is -2.41. The van der Waals surface area contributed by atoms with Gasteiger partial charge in [-0.05, 0) is 43.2 Å². The molecule has 1 fully saturated rings. The second-order valence-corrected chi connectivity index (χ2v) is 9.97. The zero-order valence-electron chi connectivity index (χ0n) is 16.8. The molecule has 2 N–H and O–H groups in total. The summed E-state index contributed by atoms with van der Waals surface area (Å²) in [6.45, 7) is 0.760. The van der Waals surface area contributed by atoms with E-state index >= 15 is 0 Å².